The molecule has 0 heterocycles. The zero-order valence-corrected chi connectivity index (χ0v) is 11.8. The van der Waals surface area contributed by atoms with Gasteiger partial charge in [0.1, 0.15) is 0 Å². The molecule has 0 spiro atoms. The van der Waals surface area contributed by atoms with Crippen molar-refractivity contribution in [1.29, 1.82) is 0 Å². The normalized spacial score (nSPS) is 12.3. The molecule has 0 radical (unpaired) electrons. The Morgan fingerprint density at radius 1 is 1.47 bits per heavy atom. The number of amides is 1. The first-order chi connectivity index (χ1) is 8.83. The van der Waals surface area contributed by atoms with Gasteiger partial charge in [-0.15, -0.1) is 0 Å². The van der Waals surface area contributed by atoms with Crippen molar-refractivity contribution in [2.75, 3.05) is 5.32 Å². The average Bonchev–Trinajstić information content (AvgIpc) is 2.38. The molecule has 0 aliphatic heterocycles. The van der Waals surface area contributed by atoms with Crippen LogP contribution in [0.2, 0.25) is 0 Å². The van der Waals surface area contributed by atoms with E-state index in [0.717, 1.165) is 12.0 Å². The van der Waals surface area contributed by atoms with Crippen molar-refractivity contribution >= 4 is 17.4 Å². The second-order valence-corrected chi connectivity index (χ2v) is 5.17. The maximum atomic E-state index is 12.2. The molecule has 1 aromatic carbocycles. The molecule has 1 rings (SSSR count). The lowest BCUT2D eigenvalue weighted by Crippen LogP contribution is -2.31. The molecule has 104 valence electrons. The van der Waals surface area contributed by atoms with Gasteiger partial charge < -0.3 is 16.3 Å². The summed E-state index contributed by atoms with van der Waals surface area (Å²) >= 11 is 0. The smallest absolute Gasteiger partial charge is 0.230 e. The number of benzene rings is 1. The molecule has 1 aromatic rings. The Hall–Kier alpha value is -2.04. The van der Waals surface area contributed by atoms with Crippen LogP contribution in [0.3, 0.4) is 0 Å². The van der Waals surface area contributed by atoms with Gasteiger partial charge in [0.25, 0.3) is 0 Å². The van der Waals surface area contributed by atoms with Gasteiger partial charge in [0.05, 0.1) is 5.69 Å². The van der Waals surface area contributed by atoms with E-state index in [1.165, 1.54) is 0 Å². The van der Waals surface area contributed by atoms with Gasteiger partial charge in [0.15, 0.2) is 5.84 Å². The Morgan fingerprint density at radius 2 is 2.11 bits per heavy atom. The third kappa shape index (κ3) is 3.24. The Labute approximate surface area is 113 Å². The van der Waals surface area contributed by atoms with E-state index in [1.807, 2.05) is 39.8 Å². The molecule has 4 N–H and O–H groups in total. The summed E-state index contributed by atoms with van der Waals surface area (Å²) in [4.78, 5) is 12.2. The van der Waals surface area contributed by atoms with Gasteiger partial charge in [0, 0.05) is 11.0 Å². The molecule has 0 aromatic heterocycles. The number of nitrogens with zero attached hydrogens (tertiary/aromatic N) is 1. The largest absolute Gasteiger partial charge is 0.409 e. The van der Waals surface area contributed by atoms with Crippen LogP contribution in [-0.4, -0.2) is 17.0 Å². The lowest BCUT2D eigenvalue weighted by Gasteiger charge is -2.22. The molecule has 0 saturated heterocycles. The van der Waals surface area contributed by atoms with Crippen molar-refractivity contribution in [3.63, 3.8) is 0 Å². The van der Waals surface area contributed by atoms with E-state index in [2.05, 4.69) is 10.5 Å². The maximum Gasteiger partial charge on any atom is 0.230 e. The van der Waals surface area contributed by atoms with Crippen LogP contribution in [-0.2, 0) is 4.79 Å². The predicted octanol–water partition coefficient (Wildman–Crippen LogP) is 2.46. The van der Waals surface area contributed by atoms with Crippen LogP contribution in [0.25, 0.3) is 0 Å². The molecule has 0 bridgehead atoms. The lowest BCUT2D eigenvalue weighted by atomic mass is 9.89. The molecule has 0 atom stereocenters. The van der Waals surface area contributed by atoms with Gasteiger partial charge in [-0.3, -0.25) is 4.79 Å². The van der Waals surface area contributed by atoms with E-state index in [-0.39, 0.29) is 11.7 Å². The van der Waals surface area contributed by atoms with Gasteiger partial charge in [-0.2, -0.15) is 0 Å². The third-order valence-corrected chi connectivity index (χ3v) is 3.38. The summed E-state index contributed by atoms with van der Waals surface area (Å²) < 4.78 is 0. The fraction of sp³-hybridized carbons (Fsp3) is 0.429. The summed E-state index contributed by atoms with van der Waals surface area (Å²) in [6.45, 7) is 7.55. The first kappa shape index (κ1) is 15.0. The van der Waals surface area contributed by atoms with Crippen LogP contribution >= 0.6 is 0 Å². The number of hydrogen-bond acceptors (Lipinski definition) is 3. The van der Waals surface area contributed by atoms with Crippen molar-refractivity contribution in [1.82, 2.24) is 0 Å². The zero-order chi connectivity index (χ0) is 14.6. The Bertz CT molecular complexity index is 507. The van der Waals surface area contributed by atoms with Crippen LogP contribution in [0.5, 0.6) is 0 Å². The van der Waals surface area contributed by atoms with Crippen molar-refractivity contribution in [3.8, 4) is 0 Å². The van der Waals surface area contributed by atoms with Crippen LogP contribution in [0, 0.1) is 12.3 Å². The molecule has 0 aliphatic carbocycles. The molecule has 0 aliphatic rings. The fourth-order valence-electron chi connectivity index (χ4n) is 1.61. The van der Waals surface area contributed by atoms with E-state index >= 15 is 0 Å². The first-order valence-corrected chi connectivity index (χ1v) is 6.22. The second-order valence-electron chi connectivity index (χ2n) is 5.17. The Morgan fingerprint density at radius 3 is 2.63 bits per heavy atom. The highest BCUT2D eigenvalue weighted by Crippen LogP contribution is 2.25. The zero-order valence-electron chi connectivity index (χ0n) is 11.8. The first-order valence-electron chi connectivity index (χ1n) is 6.22. The highest BCUT2D eigenvalue weighted by molar-refractivity contribution is 6.07. The number of amidine groups is 1. The molecular formula is C14H21N3O2. The van der Waals surface area contributed by atoms with Crippen molar-refractivity contribution in [3.05, 3.63) is 29.3 Å². The summed E-state index contributed by atoms with van der Waals surface area (Å²) in [7, 11) is 0. The molecule has 0 unspecified atom stereocenters. The molecule has 5 nitrogen and oxygen atoms in total. The highest BCUT2D eigenvalue weighted by atomic mass is 16.4. The maximum absolute atomic E-state index is 12.2. The van der Waals surface area contributed by atoms with Gasteiger partial charge >= 0.3 is 0 Å². The standard InChI is InChI=1S/C14H21N3O2/c1-5-14(3,4)13(18)16-10-8-6-7-9(2)11(10)12(15)17-19/h6-8,19H,5H2,1-4H3,(H2,15,17)(H,16,18). The van der Waals surface area contributed by atoms with E-state index in [0.29, 0.717) is 11.3 Å². The van der Waals surface area contributed by atoms with Crippen LogP contribution in [0.1, 0.15) is 38.3 Å². The summed E-state index contributed by atoms with van der Waals surface area (Å²) in [5, 5.41) is 14.7. The Balaban J connectivity index is 3.16. The van der Waals surface area contributed by atoms with Crippen LogP contribution < -0.4 is 11.1 Å². The van der Waals surface area contributed by atoms with Gasteiger partial charge in [-0.1, -0.05) is 38.1 Å². The number of aryl methyl sites for hydroxylation is 1. The number of oxime groups is 1. The summed E-state index contributed by atoms with van der Waals surface area (Å²) in [5.41, 5.74) is 7.14. The predicted molar refractivity (Wildman–Crippen MR) is 76.4 cm³/mol. The molecular weight excluding hydrogens is 242 g/mol. The fourth-order valence-corrected chi connectivity index (χ4v) is 1.61. The minimum atomic E-state index is -0.466. The number of nitrogens with two attached hydrogens (primary N) is 1. The third-order valence-electron chi connectivity index (χ3n) is 3.38. The average molecular weight is 263 g/mol. The number of anilines is 1. The monoisotopic (exact) mass is 263 g/mol. The number of rotatable bonds is 4. The quantitative estimate of drug-likeness (QED) is 0.337. The van der Waals surface area contributed by atoms with E-state index < -0.39 is 5.41 Å². The SMILES string of the molecule is CCC(C)(C)C(=O)Nc1cccc(C)c1/C(N)=N/O. The minimum Gasteiger partial charge on any atom is -0.409 e. The van der Waals surface area contributed by atoms with Crippen LogP contribution in [0.15, 0.2) is 23.4 Å². The van der Waals surface area contributed by atoms with Crippen LogP contribution in [0.4, 0.5) is 5.69 Å². The van der Waals surface area contributed by atoms with E-state index in [9.17, 15) is 4.79 Å². The summed E-state index contributed by atoms with van der Waals surface area (Å²) in [5.74, 6) is -0.102. The topological polar surface area (TPSA) is 87.7 Å². The summed E-state index contributed by atoms with van der Waals surface area (Å²) in [6, 6.07) is 5.40. The van der Waals surface area contributed by atoms with Crippen molar-refractivity contribution < 1.29 is 10.0 Å². The minimum absolute atomic E-state index is 0.0114. The van der Waals surface area contributed by atoms with Gasteiger partial charge in [-0.05, 0) is 25.0 Å². The highest BCUT2D eigenvalue weighted by Gasteiger charge is 2.26. The lowest BCUT2D eigenvalue weighted by molar-refractivity contribution is -0.124. The molecule has 1 amide bonds. The van der Waals surface area contributed by atoms with Crippen molar-refractivity contribution in [2.24, 2.45) is 16.3 Å². The Kier molecular flexibility index (Phi) is 4.53. The molecule has 0 saturated carbocycles. The molecule has 19 heavy (non-hydrogen) atoms. The van der Waals surface area contributed by atoms with Gasteiger partial charge in [-0.25, -0.2) is 0 Å². The molecule has 0 fully saturated rings. The number of nitrogens with one attached hydrogen (secondary N) is 1. The van der Waals surface area contributed by atoms with E-state index in [1.54, 1.807) is 6.07 Å². The van der Waals surface area contributed by atoms with E-state index in [4.69, 9.17) is 10.9 Å². The summed E-state index contributed by atoms with van der Waals surface area (Å²) in [6.07, 6.45) is 0.726. The second kappa shape index (κ2) is 5.73. The molecule has 5 heteroatoms. The van der Waals surface area contributed by atoms with Crippen molar-refractivity contribution in [2.45, 2.75) is 34.1 Å². The van der Waals surface area contributed by atoms with Gasteiger partial charge in [0.2, 0.25) is 5.91 Å². The number of hydrogen-bond donors (Lipinski definition) is 3. The number of carbonyl (C=O) groups excluding carboxylic acids is 1. The number of carbonyl (C=O) groups is 1.